The van der Waals surface area contributed by atoms with Crippen LogP contribution in [0.1, 0.15) is 39.4 Å². The summed E-state index contributed by atoms with van der Waals surface area (Å²) in [5.74, 6) is 2.19. The fourth-order valence-electron chi connectivity index (χ4n) is 3.75. The molecule has 1 aromatic heterocycles. The van der Waals surface area contributed by atoms with Gasteiger partial charge in [0, 0.05) is 31.5 Å². The Labute approximate surface area is 179 Å². The molecule has 1 fully saturated rings. The summed E-state index contributed by atoms with van der Waals surface area (Å²) in [4.78, 5) is 4.34. The van der Waals surface area contributed by atoms with E-state index in [1.165, 1.54) is 6.42 Å². The minimum Gasteiger partial charge on any atom is -0.459 e. The van der Waals surface area contributed by atoms with Gasteiger partial charge in [-0.25, -0.2) is 0 Å². The Morgan fingerprint density at radius 2 is 2.00 bits per heavy atom. The summed E-state index contributed by atoms with van der Waals surface area (Å²) in [6.45, 7) is 9.11. The number of fused-ring (bicyclic) bond motifs is 1. The maximum atomic E-state index is 6.07. The number of furan rings is 1. The van der Waals surface area contributed by atoms with Crippen molar-refractivity contribution < 1.29 is 9.15 Å². The van der Waals surface area contributed by atoms with Crippen molar-refractivity contribution in [3.63, 3.8) is 0 Å². The van der Waals surface area contributed by atoms with Crippen LogP contribution < -0.4 is 10.6 Å². The van der Waals surface area contributed by atoms with Crippen LogP contribution in [0.4, 0.5) is 0 Å². The van der Waals surface area contributed by atoms with E-state index in [1.54, 1.807) is 7.05 Å². The summed E-state index contributed by atoms with van der Waals surface area (Å²) in [6, 6.07) is 10.1. The van der Waals surface area contributed by atoms with Crippen molar-refractivity contribution in [2.24, 2.45) is 16.3 Å². The number of rotatable bonds is 4. The predicted octanol–water partition coefficient (Wildman–Crippen LogP) is 4.56. The minimum absolute atomic E-state index is 0. The van der Waals surface area contributed by atoms with Crippen LogP contribution in [0.15, 0.2) is 39.7 Å². The molecule has 0 aliphatic carbocycles. The number of halogens is 1. The van der Waals surface area contributed by atoms with E-state index in [0.717, 1.165) is 42.3 Å². The zero-order chi connectivity index (χ0) is 18.6. The second-order valence-electron chi connectivity index (χ2n) is 8.12. The van der Waals surface area contributed by atoms with E-state index in [2.05, 4.69) is 48.5 Å². The summed E-state index contributed by atoms with van der Waals surface area (Å²) in [5.41, 5.74) is 1.07. The molecular formula is C21H32IN3O2. The van der Waals surface area contributed by atoms with Gasteiger partial charge in [0.2, 0.25) is 0 Å². The largest absolute Gasteiger partial charge is 0.459 e. The SMILES string of the molecule is CN=C(NCc1cc2ccccc2o1)NCC1CCCOC1C(C)(C)C.I. The molecule has 27 heavy (non-hydrogen) atoms. The third-order valence-electron chi connectivity index (χ3n) is 4.96. The number of nitrogens with one attached hydrogen (secondary N) is 2. The standard InChI is InChI=1S/C21H31N3O2.HI/c1-21(2,3)19-16(9-7-11-25-19)13-23-20(22-4)24-14-17-12-15-8-5-6-10-18(15)26-17;/h5-6,8,10,12,16,19H,7,9,11,13-14H2,1-4H3,(H2,22,23,24);1H. The summed E-state index contributed by atoms with van der Waals surface area (Å²) >= 11 is 0. The molecule has 2 N–H and O–H groups in total. The zero-order valence-corrected chi connectivity index (χ0v) is 19.1. The summed E-state index contributed by atoms with van der Waals surface area (Å²) in [6.07, 6.45) is 2.59. The fraction of sp³-hybridized carbons (Fsp3) is 0.571. The number of hydrogen-bond donors (Lipinski definition) is 2. The molecule has 0 saturated carbocycles. The Balaban J connectivity index is 0.00000261. The second-order valence-corrected chi connectivity index (χ2v) is 8.12. The zero-order valence-electron chi connectivity index (χ0n) is 16.7. The molecule has 0 spiro atoms. The maximum Gasteiger partial charge on any atom is 0.191 e. The van der Waals surface area contributed by atoms with Crippen molar-refractivity contribution in [2.45, 2.75) is 46.3 Å². The van der Waals surface area contributed by atoms with Gasteiger partial charge in [-0.3, -0.25) is 4.99 Å². The highest BCUT2D eigenvalue weighted by Crippen LogP contribution is 2.33. The van der Waals surface area contributed by atoms with E-state index in [0.29, 0.717) is 12.5 Å². The number of para-hydroxylation sites is 1. The van der Waals surface area contributed by atoms with Gasteiger partial charge < -0.3 is 19.8 Å². The summed E-state index contributed by atoms with van der Waals surface area (Å²) in [7, 11) is 1.80. The van der Waals surface area contributed by atoms with E-state index < -0.39 is 0 Å². The molecule has 1 aromatic carbocycles. The molecule has 0 bridgehead atoms. The van der Waals surface area contributed by atoms with Crippen molar-refractivity contribution >= 4 is 40.9 Å². The van der Waals surface area contributed by atoms with E-state index in [4.69, 9.17) is 9.15 Å². The highest BCUT2D eigenvalue weighted by atomic mass is 127. The monoisotopic (exact) mass is 485 g/mol. The van der Waals surface area contributed by atoms with E-state index >= 15 is 0 Å². The van der Waals surface area contributed by atoms with Gasteiger partial charge in [0.1, 0.15) is 11.3 Å². The van der Waals surface area contributed by atoms with Crippen LogP contribution in [0.3, 0.4) is 0 Å². The van der Waals surface area contributed by atoms with E-state index in [1.807, 2.05) is 18.2 Å². The number of aliphatic imine (C=N–C) groups is 1. The first-order valence-electron chi connectivity index (χ1n) is 9.51. The molecule has 6 heteroatoms. The lowest BCUT2D eigenvalue weighted by Gasteiger charge is -2.40. The molecule has 2 atom stereocenters. The lowest BCUT2D eigenvalue weighted by molar-refractivity contribution is -0.0835. The first-order chi connectivity index (χ1) is 12.5. The van der Waals surface area contributed by atoms with Gasteiger partial charge in [-0.1, -0.05) is 39.0 Å². The fourth-order valence-corrected chi connectivity index (χ4v) is 3.75. The molecule has 2 unspecified atom stereocenters. The normalized spacial score (nSPS) is 21.0. The van der Waals surface area contributed by atoms with Gasteiger partial charge in [-0.15, -0.1) is 24.0 Å². The number of nitrogens with zero attached hydrogens (tertiary/aromatic N) is 1. The smallest absolute Gasteiger partial charge is 0.191 e. The van der Waals surface area contributed by atoms with Crippen LogP contribution in [0.5, 0.6) is 0 Å². The van der Waals surface area contributed by atoms with Crippen molar-refractivity contribution in [3.05, 3.63) is 36.1 Å². The molecule has 3 rings (SSSR count). The van der Waals surface area contributed by atoms with Gasteiger partial charge in [0.15, 0.2) is 5.96 Å². The van der Waals surface area contributed by atoms with Gasteiger partial charge in [-0.2, -0.15) is 0 Å². The summed E-state index contributed by atoms with van der Waals surface area (Å²) in [5, 5.41) is 7.93. The Bertz CT molecular complexity index is 718. The highest BCUT2D eigenvalue weighted by molar-refractivity contribution is 14.0. The third-order valence-corrected chi connectivity index (χ3v) is 4.96. The predicted molar refractivity (Wildman–Crippen MR) is 122 cm³/mol. The molecule has 5 nitrogen and oxygen atoms in total. The molecule has 150 valence electrons. The number of benzene rings is 1. The van der Waals surface area contributed by atoms with Gasteiger partial charge in [-0.05, 0) is 30.4 Å². The Hall–Kier alpha value is -1.28. The molecule has 1 saturated heterocycles. The molecule has 1 aliphatic rings. The molecular weight excluding hydrogens is 453 g/mol. The average molecular weight is 485 g/mol. The van der Waals surface area contributed by atoms with Crippen molar-refractivity contribution in [1.29, 1.82) is 0 Å². The molecule has 1 aliphatic heterocycles. The Morgan fingerprint density at radius 3 is 2.70 bits per heavy atom. The van der Waals surface area contributed by atoms with Gasteiger partial charge >= 0.3 is 0 Å². The number of guanidine groups is 1. The summed E-state index contributed by atoms with van der Waals surface area (Å²) < 4.78 is 11.9. The van der Waals surface area contributed by atoms with Crippen LogP contribution in [0.2, 0.25) is 0 Å². The lowest BCUT2D eigenvalue weighted by atomic mass is 9.78. The molecule has 0 radical (unpaired) electrons. The van der Waals surface area contributed by atoms with Crippen LogP contribution in [-0.4, -0.2) is 32.3 Å². The topological polar surface area (TPSA) is 58.8 Å². The second kappa shape index (κ2) is 9.78. The third kappa shape index (κ3) is 5.85. The molecule has 0 amide bonds. The maximum absolute atomic E-state index is 6.07. The average Bonchev–Trinajstić information content (AvgIpc) is 3.04. The minimum atomic E-state index is 0. The highest BCUT2D eigenvalue weighted by Gasteiger charge is 2.35. The van der Waals surface area contributed by atoms with Gasteiger partial charge in [0.05, 0.1) is 12.6 Å². The first-order valence-corrected chi connectivity index (χ1v) is 9.51. The number of ether oxygens (including phenoxy) is 1. The van der Waals surface area contributed by atoms with Crippen LogP contribution in [-0.2, 0) is 11.3 Å². The van der Waals surface area contributed by atoms with Crippen molar-refractivity contribution in [1.82, 2.24) is 10.6 Å². The van der Waals surface area contributed by atoms with Crippen LogP contribution in [0, 0.1) is 11.3 Å². The Kier molecular flexibility index (Phi) is 7.97. The first kappa shape index (κ1) is 22.0. The Morgan fingerprint density at radius 1 is 1.22 bits per heavy atom. The quantitative estimate of drug-likeness (QED) is 0.379. The van der Waals surface area contributed by atoms with Crippen molar-refractivity contribution in [2.75, 3.05) is 20.2 Å². The lowest BCUT2D eigenvalue weighted by Crippen LogP contribution is -2.47. The van der Waals surface area contributed by atoms with E-state index in [-0.39, 0.29) is 35.5 Å². The van der Waals surface area contributed by atoms with Crippen molar-refractivity contribution in [3.8, 4) is 0 Å². The number of hydrogen-bond acceptors (Lipinski definition) is 3. The van der Waals surface area contributed by atoms with E-state index in [9.17, 15) is 0 Å². The van der Waals surface area contributed by atoms with Crippen LogP contribution >= 0.6 is 24.0 Å². The molecule has 2 heterocycles. The molecule has 2 aromatic rings. The van der Waals surface area contributed by atoms with Crippen LogP contribution in [0.25, 0.3) is 11.0 Å². The van der Waals surface area contributed by atoms with Gasteiger partial charge in [0.25, 0.3) is 0 Å².